The predicted octanol–water partition coefficient (Wildman–Crippen LogP) is 2.92. The van der Waals surface area contributed by atoms with Crippen molar-refractivity contribution in [2.75, 3.05) is 20.3 Å². The third kappa shape index (κ3) is 3.84. The van der Waals surface area contributed by atoms with E-state index >= 15 is 0 Å². The molecule has 1 heterocycles. The average molecular weight is 351 g/mol. The Morgan fingerprint density at radius 1 is 1.29 bits per heavy atom. The van der Waals surface area contributed by atoms with E-state index in [1.54, 1.807) is 19.2 Å². The zero-order valence-corrected chi connectivity index (χ0v) is 13.7. The number of nitrogens with one attached hydrogen (secondary N) is 1. The Morgan fingerprint density at radius 2 is 1.95 bits per heavy atom. The molecular formula is C12H14Cl3N5O. The highest BCUT2D eigenvalue weighted by molar-refractivity contribution is 6.40. The minimum Gasteiger partial charge on any atom is -0.383 e. The van der Waals surface area contributed by atoms with Crippen LogP contribution in [0.1, 0.15) is 18.8 Å². The lowest BCUT2D eigenvalue weighted by molar-refractivity contribution is 0.196. The summed E-state index contributed by atoms with van der Waals surface area (Å²) >= 11 is 18.3. The maximum absolute atomic E-state index is 6.20. The van der Waals surface area contributed by atoms with Gasteiger partial charge in [-0.05, 0) is 29.5 Å². The van der Waals surface area contributed by atoms with Gasteiger partial charge in [0.25, 0.3) is 0 Å². The fourth-order valence-electron chi connectivity index (χ4n) is 1.83. The number of hydrogen-bond acceptors (Lipinski definition) is 5. The first-order valence-electron chi connectivity index (χ1n) is 6.20. The van der Waals surface area contributed by atoms with Gasteiger partial charge in [-0.15, -0.1) is 5.10 Å². The second-order valence-corrected chi connectivity index (χ2v) is 5.59. The fourth-order valence-corrected chi connectivity index (χ4v) is 2.81. The molecule has 0 saturated heterocycles. The molecule has 1 N–H and O–H groups in total. The van der Waals surface area contributed by atoms with Crippen LogP contribution in [-0.2, 0) is 4.74 Å². The topological polar surface area (TPSA) is 64.9 Å². The third-order valence-corrected chi connectivity index (χ3v) is 3.63. The van der Waals surface area contributed by atoms with Crippen LogP contribution >= 0.6 is 34.8 Å². The largest absolute Gasteiger partial charge is 0.383 e. The number of halogens is 3. The van der Waals surface area contributed by atoms with Gasteiger partial charge >= 0.3 is 0 Å². The number of nitrogens with zero attached hydrogens (tertiary/aromatic N) is 4. The molecule has 0 fully saturated rings. The normalized spacial score (nSPS) is 12.6. The molecule has 1 unspecified atom stereocenters. The molecule has 1 atom stereocenters. The zero-order valence-electron chi connectivity index (χ0n) is 11.5. The molecule has 0 aliphatic heterocycles. The summed E-state index contributed by atoms with van der Waals surface area (Å²) in [5, 5.41) is 16.1. The van der Waals surface area contributed by atoms with Crippen molar-refractivity contribution < 1.29 is 4.74 Å². The number of aromatic nitrogens is 4. The van der Waals surface area contributed by atoms with Crippen LogP contribution in [0.5, 0.6) is 0 Å². The lowest BCUT2D eigenvalue weighted by Crippen LogP contribution is -2.25. The maximum Gasteiger partial charge on any atom is 0.173 e. The summed E-state index contributed by atoms with van der Waals surface area (Å²) in [6.45, 7) is 3.20. The van der Waals surface area contributed by atoms with E-state index < -0.39 is 0 Å². The first-order valence-corrected chi connectivity index (χ1v) is 7.33. The van der Waals surface area contributed by atoms with Crippen LogP contribution in [0.4, 0.5) is 0 Å². The summed E-state index contributed by atoms with van der Waals surface area (Å²) in [6.07, 6.45) is 0. The third-order valence-electron chi connectivity index (χ3n) is 2.83. The summed E-state index contributed by atoms with van der Waals surface area (Å²) in [5.74, 6) is 0.595. The Morgan fingerprint density at radius 3 is 2.57 bits per heavy atom. The van der Waals surface area contributed by atoms with E-state index in [-0.39, 0.29) is 6.04 Å². The van der Waals surface area contributed by atoms with E-state index in [0.717, 1.165) is 0 Å². The SMILES string of the molecule is COCCNC(C)c1nnnn1-c1c(Cl)cc(Cl)cc1Cl. The predicted molar refractivity (Wildman–Crippen MR) is 82.5 cm³/mol. The van der Waals surface area contributed by atoms with Gasteiger partial charge in [-0.1, -0.05) is 34.8 Å². The van der Waals surface area contributed by atoms with Gasteiger partial charge in [-0.25, -0.2) is 0 Å². The van der Waals surface area contributed by atoms with Gasteiger partial charge in [-0.2, -0.15) is 4.68 Å². The molecule has 0 bridgehead atoms. The molecule has 114 valence electrons. The van der Waals surface area contributed by atoms with Crippen molar-refractivity contribution in [1.29, 1.82) is 0 Å². The van der Waals surface area contributed by atoms with Gasteiger partial charge in [0, 0.05) is 18.7 Å². The van der Waals surface area contributed by atoms with E-state index in [9.17, 15) is 0 Å². The van der Waals surface area contributed by atoms with Crippen molar-refractivity contribution in [3.8, 4) is 5.69 Å². The number of methoxy groups -OCH3 is 1. The van der Waals surface area contributed by atoms with Crippen LogP contribution in [0, 0.1) is 0 Å². The minimum atomic E-state index is -0.0991. The molecule has 0 saturated carbocycles. The Hall–Kier alpha value is -0.920. The Balaban J connectivity index is 2.32. The molecule has 9 heteroatoms. The van der Waals surface area contributed by atoms with Crippen molar-refractivity contribution in [3.05, 3.63) is 33.0 Å². The molecule has 0 spiro atoms. The standard InChI is InChI=1S/C12H14Cl3N5O/c1-7(16-3-4-21-2)12-17-18-19-20(12)11-9(14)5-8(13)6-10(11)15/h5-7,16H,3-4H2,1-2H3. The van der Waals surface area contributed by atoms with Gasteiger partial charge in [0.2, 0.25) is 0 Å². The Bertz CT molecular complexity index is 596. The van der Waals surface area contributed by atoms with Gasteiger partial charge in [0.05, 0.1) is 22.7 Å². The van der Waals surface area contributed by atoms with Crippen molar-refractivity contribution in [3.63, 3.8) is 0 Å². The second kappa shape index (κ2) is 7.38. The first kappa shape index (κ1) is 16.5. The highest BCUT2D eigenvalue weighted by Gasteiger charge is 2.19. The highest BCUT2D eigenvalue weighted by atomic mass is 35.5. The highest BCUT2D eigenvalue weighted by Crippen LogP contribution is 2.32. The van der Waals surface area contributed by atoms with E-state index in [1.165, 1.54) is 4.68 Å². The lowest BCUT2D eigenvalue weighted by atomic mass is 10.2. The van der Waals surface area contributed by atoms with Crippen LogP contribution in [0.15, 0.2) is 12.1 Å². The quantitative estimate of drug-likeness (QED) is 0.812. The second-order valence-electron chi connectivity index (χ2n) is 4.34. The first-order chi connectivity index (χ1) is 10.0. The van der Waals surface area contributed by atoms with Crippen LogP contribution in [-0.4, -0.2) is 40.5 Å². The zero-order chi connectivity index (χ0) is 15.4. The van der Waals surface area contributed by atoms with E-state index in [2.05, 4.69) is 20.8 Å². The average Bonchev–Trinajstić information content (AvgIpc) is 2.87. The molecule has 6 nitrogen and oxygen atoms in total. The molecule has 2 aromatic rings. The molecule has 2 rings (SSSR count). The minimum absolute atomic E-state index is 0.0991. The molecule has 0 aliphatic carbocycles. The van der Waals surface area contributed by atoms with Gasteiger partial charge in [-0.3, -0.25) is 0 Å². The van der Waals surface area contributed by atoms with Crippen molar-refractivity contribution >= 4 is 34.8 Å². The molecular weight excluding hydrogens is 337 g/mol. The van der Waals surface area contributed by atoms with E-state index in [4.69, 9.17) is 39.5 Å². The lowest BCUT2D eigenvalue weighted by Gasteiger charge is -2.14. The summed E-state index contributed by atoms with van der Waals surface area (Å²) in [6, 6.07) is 3.09. The molecule has 0 aliphatic rings. The number of rotatable bonds is 6. The van der Waals surface area contributed by atoms with Crippen LogP contribution in [0.3, 0.4) is 0 Å². The Kier molecular flexibility index (Phi) is 5.78. The van der Waals surface area contributed by atoms with E-state index in [0.29, 0.717) is 39.7 Å². The molecule has 1 aromatic heterocycles. The van der Waals surface area contributed by atoms with Crippen molar-refractivity contribution in [1.82, 2.24) is 25.5 Å². The number of hydrogen-bond donors (Lipinski definition) is 1. The van der Waals surface area contributed by atoms with Crippen LogP contribution in [0.25, 0.3) is 5.69 Å². The van der Waals surface area contributed by atoms with Crippen LogP contribution < -0.4 is 5.32 Å². The number of ether oxygens (including phenoxy) is 1. The number of benzene rings is 1. The van der Waals surface area contributed by atoms with Crippen molar-refractivity contribution in [2.45, 2.75) is 13.0 Å². The summed E-state index contributed by atoms with van der Waals surface area (Å²) in [7, 11) is 1.64. The van der Waals surface area contributed by atoms with Crippen molar-refractivity contribution in [2.24, 2.45) is 0 Å². The van der Waals surface area contributed by atoms with Crippen LogP contribution in [0.2, 0.25) is 15.1 Å². The smallest absolute Gasteiger partial charge is 0.173 e. The summed E-state index contributed by atoms with van der Waals surface area (Å²) in [5.41, 5.74) is 0.503. The number of tetrazole rings is 1. The van der Waals surface area contributed by atoms with E-state index in [1.807, 2.05) is 6.92 Å². The monoisotopic (exact) mass is 349 g/mol. The van der Waals surface area contributed by atoms with Gasteiger partial charge in [0.1, 0.15) is 5.69 Å². The summed E-state index contributed by atoms with van der Waals surface area (Å²) < 4.78 is 6.50. The maximum atomic E-state index is 6.20. The molecule has 0 radical (unpaired) electrons. The molecule has 0 amide bonds. The molecule has 1 aromatic carbocycles. The summed E-state index contributed by atoms with van der Waals surface area (Å²) in [4.78, 5) is 0. The van der Waals surface area contributed by atoms with Gasteiger partial charge < -0.3 is 10.1 Å². The molecule has 21 heavy (non-hydrogen) atoms. The Labute approximate surface area is 137 Å². The van der Waals surface area contributed by atoms with Gasteiger partial charge in [0.15, 0.2) is 5.82 Å². The fraction of sp³-hybridized carbons (Fsp3) is 0.417.